The van der Waals surface area contributed by atoms with E-state index in [2.05, 4.69) is 59.1 Å². The number of anilines is 1. The minimum absolute atomic E-state index is 0.0280. The van der Waals surface area contributed by atoms with E-state index in [-0.39, 0.29) is 23.2 Å². The Morgan fingerprint density at radius 3 is 2.55 bits per heavy atom. The number of fused-ring (bicyclic) bond motifs is 1. The van der Waals surface area contributed by atoms with Gasteiger partial charge in [0.25, 0.3) is 11.7 Å². The highest BCUT2D eigenvalue weighted by Gasteiger charge is 2.25. The second-order valence-electron chi connectivity index (χ2n) is 11.8. The number of nitrogens with one attached hydrogen (secondary N) is 3. The average Bonchev–Trinajstić information content (AvgIpc) is 3.66. The quantitative estimate of drug-likeness (QED) is 0.270. The molecule has 1 atom stereocenters. The maximum absolute atomic E-state index is 12.8. The van der Waals surface area contributed by atoms with Gasteiger partial charge in [-0.05, 0) is 49.2 Å². The predicted octanol–water partition coefficient (Wildman–Crippen LogP) is 4.58. The number of amides is 1. The highest BCUT2D eigenvalue weighted by Crippen LogP contribution is 2.31. The van der Waals surface area contributed by atoms with Gasteiger partial charge in [0, 0.05) is 54.3 Å². The summed E-state index contributed by atoms with van der Waals surface area (Å²) in [6, 6.07) is 12.1. The second-order valence-corrected chi connectivity index (χ2v) is 11.8. The Bertz CT molecular complexity index is 1730. The molecule has 0 saturated carbocycles. The lowest BCUT2D eigenvalue weighted by Crippen LogP contribution is -2.43. The van der Waals surface area contributed by atoms with Crippen molar-refractivity contribution in [3.05, 3.63) is 71.6 Å². The molecule has 0 aliphatic carbocycles. The summed E-state index contributed by atoms with van der Waals surface area (Å²) >= 11 is 0. The van der Waals surface area contributed by atoms with Crippen molar-refractivity contribution >= 4 is 22.6 Å². The molecule has 3 N–H and O–H groups in total. The van der Waals surface area contributed by atoms with Crippen molar-refractivity contribution < 1.29 is 9.32 Å². The van der Waals surface area contributed by atoms with Crippen LogP contribution in [0, 0.1) is 6.92 Å². The first-order valence-electron chi connectivity index (χ1n) is 14.2. The Labute approximate surface area is 244 Å². The number of nitrogens with zero attached hydrogens (tertiary/aromatic N) is 6. The number of aromatic nitrogens is 6. The zero-order valence-electron chi connectivity index (χ0n) is 24.5. The van der Waals surface area contributed by atoms with E-state index in [9.17, 15) is 4.79 Å². The van der Waals surface area contributed by atoms with Crippen LogP contribution in [0.15, 0.2) is 53.3 Å². The van der Waals surface area contributed by atoms with Gasteiger partial charge >= 0.3 is 0 Å². The SMILES string of the molecule is Cc1cc(-c2n[nH]c3ncc(-c4ccc(N5CCNCC5)cn4)cc23)ccc1[C@@H](C)NC(=O)c1noc(C(C)(C)C)n1. The van der Waals surface area contributed by atoms with Gasteiger partial charge in [0.1, 0.15) is 5.69 Å². The third-order valence-corrected chi connectivity index (χ3v) is 7.57. The predicted molar refractivity (Wildman–Crippen MR) is 161 cm³/mol. The standard InChI is InChI=1S/C31H35N9O2/c1-18-14-20(6-8-23(18)19(2)35-29(41)28-36-30(42-39-28)31(3,4)5)26-24-15-21(16-34-27(24)38-37-26)25-9-7-22(17-33-25)40-12-10-32-11-13-40/h6-9,14-17,19,32H,10-13H2,1-5H3,(H,35,41)(H,34,37,38)/t19-/m1/s1. The van der Waals surface area contributed by atoms with Gasteiger partial charge in [-0.3, -0.25) is 14.9 Å². The monoisotopic (exact) mass is 565 g/mol. The van der Waals surface area contributed by atoms with E-state index in [1.807, 2.05) is 65.2 Å². The zero-order valence-corrected chi connectivity index (χ0v) is 24.5. The molecule has 0 bridgehead atoms. The highest BCUT2D eigenvalue weighted by atomic mass is 16.5. The van der Waals surface area contributed by atoms with Crippen molar-refractivity contribution in [2.45, 2.75) is 46.1 Å². The lowest BCUT2D eigenvalue weighted by atomic mass is 9.97. The summed E-state index contributed by atoms with van der Waals surface area (Å²) in [5.74, 6) is 0.0738. The molecule has 1 aliphatic heterocycles. The van der Waals surface area contributed by atoms with E-state index in [0.29, 0.717) is 11.5 Å². The van der Waals surface area contributed by atoms with E-state index in [0.717, 1.165) is 70.9 Å². The number of rotatable bonds is 6. The molecule has 1 fully saturated rings. The van der Waals surface area contributed by atoms with Gasteiger partial charge in [-0.15, -0.1) is 0 Å². The molecule has 216 valence electrons. The smallest absolute Gasteiger partial charge is 0.293 e. The highest BCUT2D eigenvalue weighted by molar-refractivity contribution is 5.93. The van der Waals surface area contributed by atoms with E-state index in [1.165, 1.54) is 0 Å². The van der Waals surface area contributed by atoms with Gasteiger partial charge in [0.15, 0.2) is 5.65 Å². The normalized spacial score (nSPS) is 14.7. The molecule has 0 unspecified atom stereocenters. The van der Waals surface area contributed by atoms with Gasteiger partial charge in [-0.2, -0.15) is 10.1 Å². The van der Waals surface area contributed by atoms with E-state index in [4.69, 9.17) is 9.51 Å². The van der Waals surface area contributed by atoms with Crippen LogP contribution in [0.3, 0.4) is 0 Å². The average molecular weight is 566 g/mol. The Balaban J connectivity index is 1.21. The summed E-state index contributed by atoms with van der Waals surface area (Å²) in [6.45, 7) is 13.8. The molecule has 1 amide bonds. The minimum atomic E-state index is -0.378. The largest absolute Gasteiger partial charge is 0.368 e. The summed E-state index contributed by atoms with van der Waals surface area (Å²) in [6.07, 6.45) is 3.76. The van der Waals surface area contributed by atoms with Gasteiger partial charge in [-0.25, -0.2) is 4.98 Å². The Hall–Kier alpha value is -4.64. The number of H-pyrrole nitrogens is 1. The summed E-state index contributed by atoms with van der Waals surface area (Å²) in [5, 5.41) is 18.8. The van der Waals surface area contributed by atoms with Crippen LogP contribution < -0.4 is 15.5 Å². The van der Waals surface area contributed by atoms with E-state index in [1.54, 1.807) is 0 Å². The molecule has 1 saturated heterocycles. The summed E-state index contributed by atoms with van der Waals surface area (Å²) in [5.41, 5.74) is 7.07. The number of aromatic amines is 1. The zero-order chi connectivity index (χ0) is 29.4. The summed E-state index contributed by atoms with van der Waals surface area (Å²) in [7, 11) is 0. The molecular weight excluding hydrogens is 530 g/mol. The number of aryl methyl sites for hydroxylation is 1. The number of carbonyl (C=O) groups is 1. The summed E-state index contributed by atoms with van der Waals surface area (Å²) < 4.78 is 5.28. The maximum Gasteiger partial charge on any atom is 0.293 e. The topological polar surface area (TPSA) is 138 Å². The molecule has 5 heterocycles. The van der Waals surface area contributed by atoms with Gasteiger partial charge in [-0.1, -0.05) is 38.1 Å². The minimum Gasteiger partial charge on any atom is -0.368 e. The second kappa shape index (κ2) is 11.0. The van der Waals surface area contributed by atoms with Gasteiger partial charge in [0.2, 0.25) is 5.89 Å². The van der Waals surface area contributed by atoms with Crippen LogP contribution >= 0.6 is 0 Å². The number of hydrogen-bond acceptors (Lipinski definition) is 9. The van der Waals surface area contributed by atoms with E-state index < -0.39 is 0 Å². The third kappa shape index (κ3) is 5.47. The Kier molecular flexibility index (Phi) is 7.19. The van der Waals surface area contributed by atoms with Crippen molar-refractivity contribution in [2.75, 3.05) is 31.1 Å². The maximum atomic E-state index is 12.8. The van der Waals surface area contributed by atoms with Crippen molar-refractivity contribution in [1.82, 2.24) is 40.9 Å². The molecule has 0 radical (unpaired) electrons. The molecule has 1 aliphatic rings. The molecule has 11 nitrogen and oxygen atoms in total. The van der Waals surface area contributed by atoms with Crippen molar-refractivity contribution in [1.29, 1.82) is 0 Å². The van der Waals surface area contributed by atoms with Gasteiger partial charge < -0.3 is 20.1 Å². The molecule has 42 heavy (non-hydrogen) atoms. The molecule has 0 spiro atoms. The molecular formula is C31H35N9O2. The summed E-state index contributed by atoms with van der Waals surface area (Å²) in [4.78, 5) is 28.8. The number of carbonyl (C=O) groups excluding carboxylic acids is 1. The number of benzene rings is 1. The first kappa shape index (κ1) is 27.5. The fraction of sp³-hybridized carbons (Fsp3) is 0.355. The molecule has 6 rings (SSSR count). The first-order valence-corrected chi connectivity index (χ1v) is 14.2. The molecule has 4 aromatic heterocycles. The molecule has 11 heteroatoms. The Morgan fingerprint density at radius 1 is 1.05 bits per heavy atom. The van der Waals surface area contributed by atoms with Crippen LogP contribution in [0.25, 0.3) is 33.5 Å². The lowest BCUT2D eigenvalue weighted by Gasteiger charge is -2.29. The van der Waals surface area contributed by atoms with E-state index >= 15 is 0 Å². The van der Waals surface area contributed by atoms with Crippen LogP contribution in [0.4, 0.5) is 5.69 Å². The molecule has 1 aromatic carbocycles. The van der Waals surface area contributed by atoms with Crippen molar-refractivity contribution in [2.24, 2.45) is 0 Å². The fourth-order valence-electron chi connectivity index (χ4n) is 5.20. The van der Waals surface area contributed by atoms with Crippen LogP contribution in [0.5, 0.6) is 0 Å². The number of pyridine rings is 2. The fourth-order valence-corrected chi connectivity index (χ4v) is 5.20. The first-order chi connectivity index (χ1) is 20.2. The Morgan fingerprint density at radius 2 is 1.86 bits per heavy atom. The number of hydrogen-bond donors (Lipinski definition) is 3. The van der Waals surface area contributed by atoms with Crippen LogP contribution in [0.1, 0.15) is 61.4 Å². The van der Waals surface area contributed by atoms with Crippen LogP contribution in [-0.4, -0.2) is 62.4 Å². The number of piperazine rings is 1. The molecule has 5 aromatic rings. The van der Waals surface area contributed by atoms with Crippen molar-refractivity contribution in [3.8, 4) is 22.5 Å². The van der Waals surface area contributed by atoms with Gasteiger partial charge in [0.05, 0.1) is 23.6 Å². The lowest BCUT2D eigenvalue weighted by molar-refractivity contribution is 0.0926. The van der Waals surface area contributed by atoms with Crippen LogP contribution in [-0.2, 0) is 5.41 Å². The third-order valence-electron chi connectivity index (χ3n) is 7.57. The van der Waals surface area contributed by atoms with Crippen LogP contribution in [0.2, 0.25) is 0 Å². The van der Waals surface area contributed by atoms with Crippen molar-refractivity contribution in [3.63, 3.8) is 0 Å².